The fraction of sp³-hybridized carbons (Fsp3) is 0.655. The van der Waals surface area contributed by atoms with E-state index in [2.05, 4.69) is 194 Å². The number of hydrazone groups is 1. The van der Waals surface area contributed by atoms with Gasteiger partial charge in [0.2, 0.25) is 0 Å². The predicted molar refractivity (Wildman–Crippen MR) is 276 cm³/mol. The number of ether oxygens (including phenoxy) is 3. The zero-order valence-corrected chi connectivity index (χ0v) is 45.4. The Bertz CT molecular complexity index is 1790. The second kappa shape index (κ2) is 23.4. The monoisotopic (exact) mass is 915 g/mol. The van der Waals surface area contributed by atoms with Crippen LogP contribution in [0, 0.1) is 23.7 Å². The van der Waals surface area contributed by atoms with Crippen LogP contribution in [0.3, 0.4) is 0 Å². The van der Waals surface area contributed by atoms with Crippen molar-refractivity contribution in [2.45, 2.75) is 189 Å². The number of hydrogen-bond donors (Lipinski definition) is 0. The third-order valence-electron chi connectivity index (χ3n) is 14.4. The van der Waals surface area contributed by atoms with Gasteiger partial charge >= 0.3 is 0 Å². The molecule has 0 N–H and O–H groups in total. The van der Waals surface area contributed by atoms with E-state index in [1.807, 2.05) is 19.1 Å². The van der Waals surface area contributed by atoms with Crippen LogP contribution in [0.4, 0.5) is 0 Å². The number of nitrogens with zero attached hydrogens (tertiary/aromatic N) is 2. The Morgan fingerprint density at radius 1 is 0.797 bits per heavy atom. The van der Waals surface area contributed by atoms with Crippen LogP contribution in [0.15, 0.2) is 96.1 Å². The Hall–Kier alpha value is -2.64. The minimum Gasteiger partial charge on any atom is -0.414 e. The molecule has 0 bridgehead atoms. The van der Waals surface area contributed by atoms with Gasteiger partial charge < -0.3 is 28.1 Å². The largest absolute Gasteiger partial charge is 0.414 e. The smallest absolute Gasteiger partial charge is 0.261 e. The molecule has 1 heterocycles. The zero-order valence-electron chi connectivity index (χ0n) is 43.4. The normalized spacial score (nSPS) is 21.2. The van der Waals surface area contributed by atoms with Crippen molar-refractivity contribution in [3.05, 3.63) is 96.6 Å². The van der Waals surface area contributed by atoms with Gasteiger partial charge in [0.1, 0.15) is 0 Å². The van der Waals surface area contributed by atoms with Gasteiger partial charge in [-0.1, -0.05) is 167 Å². The lowest BCUT2D eigenvalue weighted by molar-refractivity contribution is -0.324. The molecule has 358 valence electrons. The van der Waals surface area contributed by atoms with E-state index in [1.54, 1.807) is 0 Å². The van der Waals surface area contributed by atoms with E-state index in [1.165, 1.54) is 21.6 Å². The summed E-state index contributed by atoms with van der Waals surface area (Å²) >= 11 is 0. The molecule has 4 rings (SSSR count). The van der Waals surface area contributed by atoms with Gasteiger partial charge in [0.25, 0.3) is 8.32 Å². The van der Waals surface area contributed by atoms with Crippen LogP contribution in [-0.2, 0) is 29.7 Å². The van der Waals surface area contributed by atoms with Gasteiger partial charge in [0, 0.05) is 38.2 Å². The molecule has 1 saturated heterocycles. The summed E-state index contributed by atoms with van der Waals surface area (Å²) in [6, 6.07) is 32.5. The lowest BCUT2D eigenvalue weighted by Crippen LogP contribution is -2.66. The van der Waals surface area contributed by atoms with Crippen molar-refractivity contribution >= 4 is 32.7 Å². The summed E-state index contributed by atoms with van der Waals surface area (Å²) in [5.74, 6) is 0.284. The van der Waals surface area contributed by atoms with Crippen LogP contribution in [-0.4, -0.2) is 78.3 Å². The zero-order chi connectivity index (χ0) is 47.5. The average molecular weight is 916 g/mol. The topological polar surface area (TPSA) is 61.8 Å². The molecule has 1 aliphatic heterocycles. The van der Waals surface area contributed by atoms with Gasteiger partial charge in [-0.2, -0.15) is 5.10 Å². The third-order valence-corrected chi connectivity index (χ3v) is 23.9. The average Bonchev–Trinajstić information content (AvgIpc) is 3.23. The van der Waals surface area contributed by atoms with Crippen LogP contribution < -0.4 is 10.4 Å². The summed E-state index contributed by atoms with van der Waals surface area (Å²) in [6.07, 6.45) is 5.88. The molecule has 8 atom stereocenters. The molecule has 64 heavy (non-hydrogen) atoms. The molecule has 0 aliphatic carbocycles. The maximum atomic E-state index is 7.45. The van der Waals surface area contributed by atoms with Crippen molar-refractivity contribution in [2.75, 3.05) is 20.7 Å². The Kier molecular flexibility index (Phi) is 19.7. The fourth-order valence-corrected chi connectivity index (χ4v) is 15.5. The molecule has 9 heteroatoms. The van der Waals surface area contributed by atoms with E-state index in [0.29, 0.717) is 18.4 Å². The van der Waals surface area contributed by atoms with E-state index >= 15 is 0 Å². The molecule has 1 fully saturated rings. The highest BCUT2D eigenvalue weighted by Gasteiger charge is 2.51. The summed E-state index contributed by atoms with van der Waals surface area (Å²) in [4.78, 5) is 0. The van der Waals surface area contributed by atoms with Crippen LogP contribution >= 0.6 is 0 Å². The molecule has 0 radical (unpaired) electrons. The van der Waals surface area contributed by atoms with E-state index < -0.39 is 22.4 Å². The second-order valence-corrected chi connectivity index (χ2v) is 31.4. The van der Waals surface area contributed by atoms with Crippen LogP contribution in [0.5, 0.6) is 0 Å². The summed E-state index contributed by atoms with van der Waals surface area (Å²) in [7, 11) is -0.624. The highest BCUT2D eigenvalue weighted by Crippen LogP contribution is 2.42. The first-order valence-corrected chi connectivity index (χ1v) is 29.4. The molecule has 0 spiro atoms. The molecule has 3 aromatic carbocycles. The second-order valence-electron chi connectivity index (χ2n) is 22.3. The van der Waals surface area contributed by atoms with Crippen LogP contribution in [0.25, 0.3) is 0 Å². The molecular formula is C55H90N2O5Si2. The van der Waals surface area contributed by atoms with Crippen LogP contribution in [0.2, 0.25) is 23.2 Å². The van der Waals surface area contributed by atoms with Gasteiger partial charge in [0.15, 0.2) is 14.1 Å². The van der Waals surface area contributed by atoms with Crippen molar-refractivity contribution < 1.29 is 23.1 Å². The Morgan fingerprint density at radius 3 is 1.84 bits per heavy atom. The molecule has 3 aromatic rings. The maximum absolute atomic E-state index is 7.45. The lowest BCUT2D eigenvalue weighted by Gasteiger charge is -2.47. The SMILES string of the molecule is CC[C@H](CC[C@@H]1OC(C)(C)O[C@@H]([C@@H](C)/C(CC[C@H](C)[C@H](C[C@@H](C)OCc2ccccc2)O[Si](C)(C)C(C)(C)C)=N\N(C)C)[C@@H]1C)CO[Si](c1ccccc1)(c1ccccc1)C(C)(C)C. The summed E-state index contributed by atoms with van der Waals surface area (Å²) < 4.78 is 34.9. The third kappa shape index (κ3) is 14.7. The number of hydrogen-bond acceptors (Lipinski definition) is 7. The fourth-order valence-electron chi connectivity index (χ4n) is 9.37. The van der Waals surface area contributed by atoms with Crippen molar-refractivity contribution in [3.8, 4) is 0 Å². The first-order valence-electron chi connectivity index (χ1n) is 24.6. The lowest BCUT2D eigenvalue weighted by atomic mass is 9.81. The highest BCUT2D eigenvalue weighted by atomic mass is 28.4. The first kappa shape index (κ1) is 54.0. The molecule has 7 nitrogen and oxygen atoms in total. The first-order chi connectivity index (χ1) is 29.9. The summed E-state index contributed by atoms with van der Waals surface area (Å²) in [5.41, 5.74) is 2.37. The van der Waals surface area contributed by atoms with E-state index in [0.717, 1.165) is 45.1 Å². The van der Waals surface area contributed by atoms with E-state index in [9.17, 15) is 0 Å². The van der Waals surface area contributed by atoms with Gasteiger partial charge in [0.05, 0.1) is 31.0 Å². The maximum Gasteiger partial charge on any atom is 0.261 e. The van der Waals surface area contributed by atoms with Crippen molar-refractivity contribution in [1.82, 2.24) is 5.01 Å². The molecule has 0 aromatic heterocycles. The van der Waals surface area contributed by atoms with E-state index in [-0.39, 0.29) is 46.3 Å². The molecule has 1 aliphatic rings. The Labute approximate surface area is 393 Å². The van der Waals surface area contributed by atoms with E-state index in [4.69, 9.17) is 28.2 Å². The summed E-state index contributed by atoms with van der Waals surface area (Å²) in [5, 5.41) is 9.86. The van der Waals surface area contributed by atoms with Crippen molar-refractivity contribution in [1.29, 1.82) is 0 Å². The molecular weight excluding hydrogens is 825 g/mol. The predicted octanol–water partition coefficient (Wildman–Crippen LogP) is 12.9. The minimum atomic E-state index is -2.64. The molecule has 0 saturated carbocycles. The standard InChI is InChI=1S/C55H90N2O5Si2/c1-18-45(40-59-64(54(9,10)11,47-30-24-20-25-31-47)48-32-26-21-27-33-48)35-37-50-44(5)52(61-55(12,13)60-50)43(4)49(56-57(14)15)36-34-41(2)51(62-63(16,17)53(6,7)8)38-42(3)58-39-46-28-22-19-23-29-46/h19-33,41-45,50-52H,18,34-40H2,1-17H3/b56-49-/t41-,42+,43-,44+,45+,50-,51-,52-/m0/s1. The quantitative estimate of drug-likeness (QED) is 0.0537. The summed E-state index contributed by atoms with van der Waals surface area (Å²) in [6.45, 7) is 35.9. The van der Waals surface area contributed by atoms with Gasteiger partial charge in [-0.15, -0.1) is 0 Å². The van der Waals surface area contributed by atoms with Gasteiger partial charge in [-0.25, -0.2) is 0 Å². The Morgan fingerprint density at radius 2 is 1.34 bits per heavy atom. The highest BCUT2D eigenvalue weighted by molar-refractivity contribution is 6.99. The number of benzene rings is 3. The van der Waals surface area contributed by atoms with Crippen LogP contribution in [0.1, 0.15) is 134 Å². The van der Waals surface area contributed by atoms with Crippen molar-refractivity contribution in [2.24, 2.45) is 28.8 Å². The van der Waals surface area contributed by atoms with Crippen molar-refractivity contribution in [3.63, 3.8) is 0 Å². The Balaban J connectivity index is 1.49. The molecule has 0 unspecified atom stereocenters. The molecule has 0 amide bonds. The minimum absolute atomic E-state index is 0.0399. The van der Waals surface area contributed by atoms with Gasteiger partial charge in [-0.05, 0) is 104 Å². The van der Waals surface area contributed by atoms with Gasteiger partial charge in [-0.3, -0.25) is 0 Å². The number of rotatable bonds is 23.